The van der Waals surface area contributed by atoms with Crippen molar-refractivity contribution in [1.29, 1.82) is 0 Å². The summed E-state index contributed by atoms with van der Waals surface area (Å²) in [4.78, 5) is 14.0. The summed E-state index contributed by atoms with van der Waals surface area (Å²) < 4.78 is 18.8. The van der Waals surface area contributed by atoms with E-state index < -0.39 is 28.3 Å². The Morgan fingerprint density at radius 2 is 2.15 bits per heavy atom. The first kappa shape index (κ1) is 13.9. The molecule has 0 bridgehead atoms. The number of aliphatic hydroxyl groups excluding tert-OH is 1. The molecule has 1 unspecified atom stereocenters. The van der Waals surface area contributed by atoms with Crippen LogP contribution in [0.1, 0.15) is 18.7 Å². The number of benzene rings is 1. The highest BCUT2D eigenvalue weighted by Crippen LogP contribution is 2.33. The van der Waals surface area contributed by atoms with E-state index in [0.29, 0.717) is 5.69 Å². The lowest BCUT2D eigenvalue weighted by Crippen LogP contribution is -1.98. The van der Waals surface area contributed by atoms with Crippen LogP contribution >= 0.6 is 0 Å². The van der Waals surface area contributed by atoms with Crippen LogP contribution in [0.25, 0.3) is 0 Å². The molecule has 0 aliphatic heterocycles. The van der Waals surface area contributed by atoms with E-state index in [-0.39, 0.29) is 5.75 Å². The molecule has 2 rings (SSSR count). The molecule has 104 valence electrons. The topological polar surface area (TPSA) is 85.5 Å². The Bertz CT molecular complexity index is 629. The molecule has 0 amide bonds. The maximum Gasteiger partial charge on any atom is 0.314 e. The van der Waals surface area contributed by atoms with Gasteiger partial charge in [-0.25, -0.2) is 4.39 Å². The molecular weight excluding hydrogens is 267 g/mol. The molecule has 0 saturated carbocycles. The summed E-state index contributed by atoms with van der Waals surface area (Å²) in [5.74, 6) is -1.16. The van der Waals surface area contributed by atoms with E-state index in [0.717, 1.165) is 12.1 Å². The molecule has 0 saturated heterocycles. The zero-order valence-electron chi connectivity index (χ0n) is 10.5. The number of nitro groups is 1. The van der Waals surface area contributed by atoms with Gasteiger partial charge in [0.2, 0.25) is 5.75 Å². The lowest BCUT2D eigenvalue weighted by Gasteiger charge is -2.08. The van der Waals surface area contributed by atoms with Crippen LogP contribution in [0.4, 0.5) is 10.1 Å². The predicted molar refractivity (Wildman–Crippen MR) is 68.0 cm³/mol. The van der Waals surface area contributed by atoms with Gasteiger partial charge in [0.1, 0.15) is 5.75 Å². The minimum absolute atomic E-state index is 0.141. The molecule has 0 radical (unpaired) electrons. The molecule has 0 aliphatic carbocycles. The molecule has 1 aromatic heterocycles. The first-order valence-electron chi connectivity index (χ1n) is 5.74. The van der Waals surface area contributed by atoms with E-state index in [2.05, 4.69) is 4.98 Å². The number of para-hydroxylation sites is 1. The number of rotatable bonds is 4. The molecule has 0 aliphatic rings. The third-order valence-electron chi connectivity index (χ3n) is 2.55. The van der Waals surface area contributed by atoms with Gasteiger partial charge in [-0.3, -0.25) is 15.1 Å². The van der Waals surface area contributed by atoms with Gasteiger partial charge in [0, 0.05) is 6.07 Å². The fraction of sp³-hybridized carbons (Fsp3) is 0.154. The number of nitrogens with zero attached hydrogens (tertiary/aromatic N) is 2. The van der Waals surface area contributed by atoms with Gasteiger partial charge in [0.05, 0.1) is 22.9 Å². The molecule has 1 heterocycles. The van der Waals surface area contributed by atoms with Crippen molar-refractivity contribution in [2.24, 2.45) is 0 Å². The van der Waals surface area contributed by atoms with E-state index in [9.17, 15) is 19.6 Å². The lowest BCUT2D eigenvalue weighted by atomic mass is 10.2. The third-order valence-corrected chi connectivity index (χ3v) is 2.55. The summed E-state index contributed by atoms with van der Waals surface area (Å²) in [5, 5.41) is 20.1. The maximum atomic E-state index is 13.6. The molecule has 6 nitrogen and oxygen atoms in total. The van der Waals surface area contributed by atoms with Crippen molar-refractivity contribution in [3.8, 4) is 11.5 Å². The minimum Gasteiger partial charge on any atom is -0.445 e. The minimum atomic E-state index is -0.834. The molecule has 0 spiro atoms. The zero-order chi connectivity index (χ0) is 14.7. The van der Waals surface area contributed by atoms with Crippen molar-refractivity contribution >= 4 is 5.69 Å². The van der Waals surface area contributed by atoms with Crippen LogP contribution in [0.5, 0.6) is 11.5 Å². The van der Waals surface area contributed by atoms with E-state index in [1.807, 2.05) is 0 Å². The monoisotopic (exact) mass is 278 g/mol. The van der Waals surface area contributed by atoms with Gasteiger partial charge in [-0.2, -0.15) is 0 Å². The molecule has 1 aromatic carbocycles. The molecule has 7 heteroatoms. The van der Waals surface area contributed by atoms with Crippen LogP contribution in [0.15, 0.2) is 36.5 Å². The van der Waals surface area contributed by atoms with Crippen LogP contribution in [0.2, 0.25) is 0 Å². The standard InChI is InChI=1S/C13H11FN2O4/c1-8(17)11-6-5-9(7-15-11)20-13-10(14)3-2-4-12(13)16(18)19/h2-8,17H,1H3. The number of aromatic nitrogens is 1. The summed E-state index contributed by atoms with van der Waals surface area (Å²) in [5.41, 5.74) is -0.0509. The van der Waals surface area contributed by atoms with E-state index >= 15 is 0 Å². The Morgan fingerprint density at radius 3 is 2.70 bits per heavy atom. The molecule has 0 fully saturated rings. The summed E-state index contributed by atoms with van der Waals surface area (Å²) in [6, 6.07) is 6.39. The summed E-state index contributed by atoms with van der Waals surface area (Å²) >= 11 is 0. The maximum absolute atomic E-state index is 13.6. The largest absolute Gasteiger partial charge is 0.445 e. The van der Waals surface area contributed by atoms with Gasteiger partial charge in [0.15, 0.2) is 5.82 Å². The van der Waals surface area contributed by atoms with Crippen molar-refractivity contribution in [1.82, 2.24) is 4.98 Å². The van der Waals surface area contributed by atoms with Crippen LogP contribution < -0.4 is 4.74 Å². The second-order valence-corrected chi connectivity index (χ2v) is 4.04. The highest BCUT2D eigenvalue weighted by atomic mass is 19.1. The fourth-order valence-corrected chi connectivity index (χ4v) is 1.56. The Hall–Kier alpha value is -2.54. The average Bonchev–Trinajstić information content (AvgIpc) is 2.41. The summed E-state index contributed by atoms with van der Waals surface area (Å²) in [6.45, 7) is 1.55. The average molecular weight is 278 g/mol. The number of pyridine rings is 1. The van der Waals surface area contributed by atoms with E-state index in [1.165, 1.54) is 24.4 Å². The highest BCUT2D eigenvalue weighted by Gasteiger charge is 2.20. The van der Waals surface area contributed by atoms with Gasteiger partial charge >= 0.3 is 5.69 Å². The third kappa shape index (κ3) is 2.89. The number of halogens is 1. The first-order valence-corrected chi connectivity index (χ1v) is 5.74. The molecule has 1 N–H and O–H groups in total. The van der Waals surface area contributed by atoms with Crippen molar-refractivity contribution in [3.63, 3.8) is 0 Å². The van der Waals surface area contributed by atoms with Crippen LogP contribution in [-0.4, -0.2) is 15.0 Å². The van der Waals surface area contributed by atoms with Crippen molar-refractivity contribution < 1.29 is 19.2 Å². The van der Waals surface area contributed by atoms with Gasteiger partial charge in [0.25, 0.3) is 0 Å². The Balaban J connectivity index is 2.32. The second-order valence-electron chi connectivity index (χ2n) is 4.04. The normalized spacial score (nSPS) is 11.9. The SMILES string of the molecule is CC(O)c1ccc(Oc2c(F)cccc2[N+](=O)[O-])cn1. The number of hydrogen-bond donors (Lipinski definition) is 1. The Morgan fingerprint density at radius 1 is 1.40 bits per heavy atom. The first-order chi connectivity index (χ1) is 9.49. The lowest BCUT2D eigenvalue weighted by molar-refractivity contribution is -0.385. The van der Waals surface area contributed by atoms with E-state index in [4.69, 9.17) is 4.74 Å². The molecule has 1 atom stereocenters. The molecule has 20 heavy (non-hydrogen) atoms. The van der Waals surface area contributed by atoms with E-state index in [1.54, 1.807) is 6.92 Å². The van der Waals surface area contributed by atoms with Gasteiger partial charge in [-0.1, -0.05) is 6.07 Å². The Labute approximate surface area is 113 Å². The smallest absolute Gasteiger partial charge is 0.314 e. The number of hydrogen-bond acceptors (Lipinski definition) is 5. The van der Waals surface area contributed by atoms with Gasteiger partial charge in [-0.05, 0) is 25.1 Å². The fourth-order valence-electron chi connectivity index (χ4n) is 1.56. The molecule has 2 aromatic rings. The number of nitro benzene ring substituents is 1. The molecular formula is C13H11FN2O4. The quantitative estimate of drug-likeness (QED) is 0.686. The van der Waals surface area contributed by atoms with Crippen LogP contribution in [-0.2, 0) is 0 Å². The number of aliphatic hydroxyl groups is 1. The highest BCUT2D eigenvalue weighted by molar-refractivity contribution is 5.49. The van der Waals surface area contributed by atoms with Crippen molar-refractivity contribution in [3.05, 3.63) is 58.2 Å². The van der Waals surface area contributed by atoms with Crippen molar-refractivity contribution in [2.75, 3.05) is 0 Å². The van der Waals surface area contributed by atoms with Crippen LogP contribution in [0.3, 0.4) is 0 Å². The zero-order valence-corrected chi connectivity index (χ0v) is 10.5. The Kier molecular flexibility index (Phi) is 3.90. The summed E-state index contributed by atoms with van der Waals surface area (Å²) in [7, 11) is 0. The predicted octanol–water partition coefficient (Wildman–Crippen LogP) is 2.97. The number of ether oxygens (including phenoxy) is 1. The van der Waals surface area contributed by atoms with Crippen LogP contribution in [0, 0.1) is 15.9 Å². The van der Waals surface area contributed by atoms with Crippen molar-refractivity contribution in [2.45, 2.75) is 13.0 Å². The second kappa shape index (κ2) is 5.62. The van der Waals surface area contributed by atoms with Gasteiger partial charge in [-0.15, -0.1) is 0 Å². The summed E-state index contributed by atoms with van der Waals surface area (Å²) in [6.07, 6.45) is 0.518. The van der Waals surface area contributed by atoms with Gasteiger partial charge < -0.3 is 9.84 Å².